The number of hydrogen-bond acceptors (Lipinski definition) is 4. The maximum atomic E-state index is 12.7. The summed E-state index contributed by atoms with van der Waals surface area (Å²) in [6, 6.07) is 8.29. The molecule has 0 radical (unpaired) electrons. The van der Waals surface area contributed by atoms with E-state index < -0.39 is 17.6 Å². The molecule has 1 N–H and O–H groups in total. The molecule has 0 aliphatic rings. The van der Waals surface area contributed by atoms with E-state index in [9.17, 15) is 18.0 Å². The zero-order chi connectivity index (χ0) is 18.0. The van der Waals surface area contributed by atoms with E-state index in [-0.39, 0.29) is 12.0 Å². The number of thiazole rings is 1. The Kier molecular flexibility index (Phi) is 4.63. The third kappa shape index (κ3) is 4.27. The van der Waals surface area contributed by atoms with Gasteiger partial charge in [0.05, 0.1) is 12.0 Å². The normalized spacial score (nSPS) is 11.5. The molecule has 2 aromatic heterocycles. The lowest BCUT2D eigenvalue weighted by atomic mass is 10.1. The Morgan fingerprint density at radius 3 is 2.76 bits per heavy atom. The Bertz CT molecular complexity index is 899. The molecule has 0 bridgehead atoms. The van der Waals surface area contributed by atoms with Crippen molar-refractivity contribution in [3.63, 3.8) is 0 Å². The highest BCUT2D eigenvalue weighted by Gasteiger charge is 2.30. The van der Waals surface area contributed by atoms with Crippen LogP contribution in [0.2, 0.25) is 0 Å². The van der Waals surface area contributed by atoms with Crippen LogP contribution in [0, 0.1) is 6.92 Å². The number of carbonyl (C=O) groups is 1. The minimum Gasteiger partial charge on any atom is -0.460 e. The molecular weight excluding hydrogens is 353 g/mol. The van der Waals surface area contributed by atoms with E-state index in [4.69, 9.17) is 4.42 Å². The lowest BCUT2D eigenvalue weighted by molar-refractivity contribution is -0.137. The maximum Gasteiger partial charge on any atom is 0.416 e. The standard InChI is InChI=1S/C17H13F3N2O2S/c1-10-5-6-14(24-10)13-9-25-16(21-13)22-15(23)8-11-3-2-4-12(7-11)17(18,19)20/h2-7,9H,8H2,1H3,(H,21,22,23). The summed E-state index contributed by atoms with van der Waals surface area (Å²) in [5, 5.41) is 4.69. The number of hydrogen-bond donors (Lipinski definition) is 1. The molecule has 0 fully saturated rings. The lowest BCUT2D eigenvalue weighted by Gasteiger charge is -2.08. The summed E-state index contributed by atoms with van der Waals surface area (Å²) in [7, 11) is 0. The molecule has 0 saturated carbocycles. The zero-order valence-corrected chi connectivity index (χ0v) is 13.9. The average molecular weight is 366 g/mol. The van der Waals surface area contributed by atoms with E-state index in [2.05, 4.69) is 10.3 Å². The van der Waals surface area contributed by atoms with Gasteiger partial charge in [-0.3, -0.25) is 4.79 Å². The van der Waals surface area contributed by atoms with Crippen LogP contribution < -0.4 is 5.32 Å². The molecule has 4 nitrogen and oxygen atoms in total. The Hall–Kier alpha value is -2.61. The van der Waals surface area contributed by atoms with Crippen molar-refractivity contribution in [3.8, 4) is 11.5 Å². The molecule has 130 valence electrons. The van der Waals surface area contributed by atoms with Gasteiger partial charge >= 0.3 is 6.18 Å². The second kappa shape index (κ2) is 6.72. The van der Waals surface area contributed by atoms with Crippen LogP contribution in [0.4, 0.5) is 18.3 Å². The second-order valence-electron chi connectivity index (χ2n) is 5.37. The minimum absolute atomic E-state index is 0.168. The molecule has 0 aliphatic heterocycles. The first-order chi connectivity index (χ1) is 11.8. The average Bonchev–Trinajstić information content (AvgIpc) is 3.15. The van der Waals surface area contributed by atoms with Gasteiger partial charge in [-0.05, 0) is 30.7 Å². The minimum atomic E-state index is -4.43. The number of anilines is 1. The van der Waals surface area contributed by atoms with Gasteiger partial charge in [-0.2, -0.15) is 13.2 Å². The number of amides is 1. The van der Waals surface area contributed by atoms with Gasteiger partial charge in [-0.25, -0.2) is 4.98 Å². The predicted octanol–water partition coefficient (Wildman–Crippen LogP) is 4.91. The van der Waals surface area contributed by atoms with Crippen LogP contribution in [0.15, 0.2) is 46.2 Å². The Morgan fingerprint density at radius 1 is 1.28 bits per heavy atom. The van der Waals surface area contributed by atoms with E-state index in [0.29, 0.717) is 16.6 Å². The van der Waals surface area contributed by atoms with Gasteiger partial charge in [0.1, 0.15) is 11.5 Å². The molecule has 0 unspecified atom stereocenters. The summed E-state index contributed by atoms with van der Waals surface area (Å²) in [6.45, 7) is 1.81. The van der Waals surface area contributed by atoms with Crippen molar-refractivity contribution in [2.75, 3.05) is 5.32 Å². The fraction of sp³-hybridized carbons (Fsp3) is 0.176. The summed E-state index contributed by atoms with van der Waals surface area (Å²) >= 11 is 1.22. The number of nitrogens with one attached hydrogen (secondary N) is 1. The van der Waals surface area contributed by atoms with Crippen LogP contribution in [-0.4, -0.2) is 10.9 Å². The number of aryl methyl sites for hydroxylation is 1. The van der Waals surface area contributed by atoms with Gasteiger partial charge in [0.15, 0.2) is 10.9 Å². The number of aromatic nitrogens is 1. The van der Waals surface area contributed by atoms with Gasteiger partial charge in [0, 0.05) is 5.38 Å². The molecule has 0 atom stereocenters. The van der Waals surface area contributed by atoms with Crippen LogP contribution in [0.25, 0.3) is 11.5 Å². The van der Waals surface area contributed by atoms with Crippen molar-refractivity contribution in [1.82, 2.24) is 4.98 Å². The SMILES string of the molecule is Cc1ccc(-c2csc(NC(=O)Cc3cccc(C(F)(F)F)c3)n2)o1. The van der Waals surface area contributed by atoms with Gasteiger partial charge in [0.25, 0.3) is 0 Å². The summed E-state index contributed by atoms with van der Waals surface area (Å²) in [4.78, 5) is 16.3. The molecule has 25 heavy (non-hydrogen) atoms. The van der Waals surface area contributed by atoms with Crippen molar-refractivity contribution in [2.45, 2.75) is 19.5 Å². The first-order valence-corrected chi connectivity index (χ1v) is 8.17. The number of alkyl halides is 3. The molecule has 2 heterocycles. The van der Waals surface area contributed by atoms with E-state index in [0.717, 1.165) is 17.9 Å². The quantitative estimate of drug-likeness (QED) is 0.714. The number of furan rings is 1. The fourth-order valence-corrected chi connectivity index (χ4v) is 2.94. The topological polar surface area (TPSA) is 55.1 Å². The number of halogens is 3. The van der Waals surface area contributed by atoms with Crippen molar-refractivity contribution in [3.05, 3.63) is 58.7 Å². The third-order valence-electron chi connectivity index (χ3n) is 3.36. The van der Waals surface area contributed by atoms with E-state index in [1.165, 1.54) is 23.5 Å². The van der Waals surface area contributed by atoms with E-state index >= 15 is 0 Å². The molecule has 0 saturated heterocycles. The van der Waals surface area contributed by atoms with Crippen molar-refractivity contribution in [1.29, 1.82) is 0 Å². The molecular formula is C17H13F3N2O2S. The molecule has 0 spiro atoms. The van der Waals surface area contributed by atoms with Crippen molar-refractivity contribution in [2.24, 2.45) is 0 Å². The van der Waals surface area contributed by atoms with Gasteiger partial charge in [-0.1, -0.05) is 18.2 Å². The zero-order valence-electron chi connectivity index (χ0n) is 13.1. The Balaban J connectivity index is 1.66. The summed E-state index contributed by atoms with van der Waals surface area (Å²) in [5.74, 6) is 0.904. The highest BCUT2D eigenvalue weighted by molar-refractivity contribution is 7.14. The van der Waals surface area contributed by atoms with Crippen LogP contribution in [0.5, 0.6) is 0 Å². The summed E-state index contributed by atoms with van der Waals surface area (Å²) in [5.41, 5.74) is 0.0979. The molecule has 3 rings (SSSR count). The smallest absolute Gasteiger partial charge is 0.416 e. The van der Waals surface area contributed by atoms with Crippen molar-refractivity contribution < 1.29 is 22.4 Å². The lowest BCUT2D eigenvalue weighted by Crippen LogP contribution is -2.15. The van der Waals surface area contributed by atoms with E-state index in [1.54, 1.807) is 17.5 Å². The summed E-state index contributed by atoms with van der Waals surface area (Å²) < 4.78 is 43.6. The highest BCUT2D eigenvalue weighted by atomic mass is 32.1. The number of carbonyl (C=O) groups excluding carboxylic acids is 1. The predicted molar refractivity (Wildman–Crippen MR) is 88.3 cm³/mol. The maximum absolute atomic E-state index is 12.7. The Morgan fingerprint density at radius 2 is 2.08 bits per heavy atom. The van der Waals surface area contributed by atoms with Gasteiger partial charge in [-0.15, -0.1) is 11.3 Å². The van der Waals surface area contributed by atoms with Crippen LogP contribution >= 0.6 is 11.3 Å². The monoisotopic (exact) mass is 366 g/mol. The van der Waals surface area contributed by atoms with Crippen LogP contribution in [0.3, 0.4) is 0 Å². The number of benzene rings is 1. The van der Waals surface area contributed by atoms with Gasteiger partial charge in [0.2, 0.25) is 5.91 Å². The van der Waals surface area contributed by atoms with Crippen molar-refractivity contribution >= 4 is 22.4 Å². The molecule has 0 aliphatic carbocycles. The summed E-state index contributed by atoms with van der Waals surface area (Å²) in [6.07, 6.45) is -4.60. The Labute approximate surface area is 145 Å². The molecule has 1 amide bonds. The largest absolute Gasteiger partial charge is 0.460 e. The first-order valence-electron chi connectivity index (χ1n) is 7.29. The van der Waals surface area contributed by atoms with E-state index in [1.807, 2.05) is 6.92 Å². The molecule has 8 heteroatoms. The van der Waals surface area contributed by atoms with Gasteiger partial charge < -0.3 is 9.73 Å². The second-order valence-corrected chi connectivity index (χ2v) is 6.23. The highest BCUT2D eigenvalue weighted by Crippen LogP contribution is 2.30. The third-order valence-corrected chi connectivity index (χ3v) is 4.12. The number of nitrogens with zero attached hydrogens (tertiary/aromatic N) is 1. The molecule has 1 aromatic carbocycles. The van der Waals surface area contributed by atoms with Crippen LogP contribution in [-0.2, 0) is 17.4 Å². The number of rotatable bonds is 4. The molecule has 3 aromatic rings. The first kappa shape index (κ1) is 17.2. The van der Waals surface area contributed by atoms with Crippen LogP contribution in [0.1, 0.15) is 16.9 Å². The fourth-order valence-electron chi connectivity index (χ4n) is 2.22.